The lowest BCUT2D eigenvalue weighted by molar-refractivity contribution is 0.324. The zero-order valence-corrected chi connectivity index (χ0v) is 18.3. The Hall–Kier alpha value is -2.71. The third-order valence-corrected chi connectivity index (χ3v) is 5.23. The van der Waals surface area contributed by atoms with E-state index in [9.17, 15) is 4.55 Å². The van der Waals surface area contributed by atoms with Crippen molar-refractivity contribution in [2.45, 2.75) is 5.75 Å². The Kier molecular flexibility index (Phi) is 8.35. The van der Waals surface area contributed by atoms with Crippen LogP contribution in [0.2, 0.25) is 0 Å². The van der Waals surface area contributed by atoms with Gasteiger partial charge < -0.3 is 33.0 Å². The van der Waals surface area contributed by atoms with E-state index in [0.29, 0.717) is 40.1 Å². The molecule has 0 N–H and O–H groups in total. The molecule has 8 heteroatoms. The maximum absolute atomic E-state index is 12.7. The first-order valence-electron chi connectivity index (χ1n) is 8.65. The van der Waals surface area contributed by atoms with Crippen LogP contribution in [0.3, 0.4) is 0 Å². The molecule has 0 fully saturated rings. The van der Waals surface area contributed by atoms with E-state index in [4.69, 9.17) is 28.4 Å². The minimum atomic E-state index is -1.30. The summed E-state index contributed by atoms with van der Waals surface area (Å²) < 4.78 is 44.7. The standard InChI is InChI=1S/C21H26O7S/c1-23-15-11-17(24-2)16(18(12-15)25-3)7-8-29(22)13-14-9-19(26-4)21(28-6)20(10-14)27-5/h7-12H,13H2,1-6H3/b8-7+. The Morgan fingerprint density at radius 1 is 0.724 bits per heavy atom. The molecule has 0 aliphatic carbocycles. The van der Waals surface area contributed by atoms with Crippen molar-refractivity contribution in [3.8, 4) is 34.5 Å². The Morgan fingerprint density at radius 2 is 1.24 bits per heavy atom. The highest BCUT2D eigenvalue weighted by Crippen LogP contribution is 2.39. The summed E-state index contributed by atoms with van der Waals surface area (Å²) in [4.78, 5) is 0. The van der Waals surface area contributed by atoms with Crippen molar-refractivity contribution >= 4 is 17.3 Å². The van der Waals surface area contributed by atoms with Gasteiger partial charge in [0.15, 0.2) is 11.5 Å². The molecule has 29 heavy (non-hydrogen) atoms. The molecule has 0 amide bonds. The fourth-order valence-corrected chi connectivity index (χ4v) is 3.65. The van der Waals surface area contributed by atoms with Crippen LogP contribution in [0.1, 0.15) is 11.1 Å². The molecule has 0 saturated carbocycles. The van der Waals surface area contributed by atoms with Crippen LogP contribution >= 0.6 is 0 Å². The van der Waals surface area contributed by atoms with Gasteiger partial charge in [-0.15, -0.1) is 0 Å². The summed E-state index contributed by atoms with van der Waals surface area (Å²) in [5, 5.41) is 1.59. The fourth-order valence-electron chi connectivity index (χ4n) is 2.77. The molecule has 1 atom stereocenters. The van der Waals surface area contributed by atoms with E-state index in [2.05, 4.69) is 0 Å². The zero-order chi connectivity index (χ0) is 21.4. The fraction of sp³-hybridized carbons (Fsp3) is 0.333. The molecule has 0 heterocycles. The first-order chi connectivity index (χ1) is 14.0. The molecule has 2 rings (SSSR count). The SMILES string of the molecule is COc1cc(OC)c(/C=C/[S+]([O-])Cc2cc(OC)c(OC)c(OC)c2)c(OC)c1. The van der Waals surface area contributed by atoms with Crippen LogP contribution in [0.15, 0.2) is 29.7 Å². The van der Waals surface area contributed by atoms with Gasteiger partial charge in [0.25, 0.3) is 0 Å². The number of rotatable bonds is 10. The van der Waals surface area contributed by atoms with E-state index in [1.54, 1.807) is 71.3 Å². The van der Waals surface area contributed by atoms with Gasteiger partial charge in [-0.3, -0.25) is 0 Å². The maximum Gasteiger partial charge on any atom is 0.203 e. The maximum atomic E-state index is 12.7. The Labute approximate surface area is 174 Å². The van der Waals surface area contributed by atoms with Gasteiger partial charge in [-0.2, -0.15) is 0 Å². The molecular weight excluding hydrogens is 396 g/mol. The number of ether oxygens (including phenoxy) is 6. The van der Waals surface area contributed by atoms with Crippen LogP contribution in [-0.4, -0.2) is 47.2 Å². The number of methoxy groups -OCH3 is 6. The first-order valence-corrected chi connectivity index (χ1v) is 10.0. The van der Waals surface area contributed by atoms with Crippen LogP contribution in [-0.2, 0) is 16.9 Å². The third kappa shape index (κ3) is 5.42. The van der Waals surface area contributed by atoms with Crippen LogP contribution in [0.25, 0.3) is 6.08 Å². The highest BCUT2D eigenvalue weighted by Gasteiger charge is 2.17. The number of hydrogen-bond acceptors (Lipinski definition) is 7. The van der Waals surface area contributed by atoms with E-state index in [0.717, 1.165) is 5.56 Å². The van der Waals surface area contributed by atoms with Gasteiger partial charge in [0.1, 0.15) is 28.4 Å². The molecule has 0 bridgehead atoms. The predicted octanol–water partition coefficient (Wildman–Crippen LogP) is 3.66. The van der Waals surface area contributed by atoms with Crippen molar-refractivity contribution < 1.29 is 33.0 Å². The minimum Gasteiger partial charge on any atom is -0.612 e. The summed E-state index contributed by atoms with van der Waals surface area (Å²) in [6, 6.07) is 7.04. The summed E-state index contributed by atoms with van der Waals surface area (Å²) in [6.07, 6.45) is 1.71. The van der Waals surface area contributed by atoms with Crippen molar-refractivity contribution in [1.29, 1.82) is 0 Å². The number of benzene rings is 2. The first kappa shape index (κ1) is 22.6. The molecule has 2 aromatic carbocycles. The van der Waals surface area contributed by atoms with Crippen LogP contribution < -0.4 is 28.4 Å². The molecule has 7 nitrogen and oxygen atoms in total. The average molecular weight is 422 g/mol. The van der Waals surface area contributed by atoms with Gasteiger partial charge in [-0.1, -0.05) is 0 Å². The summed E-state index contributed by atoms with van der Waals surface area (Å²) in [5.74, 6) is 3.52. The van der Waals surface area contributed by atoms with Crippen molar-refractivity contribution in [2.24, 2.45) is 0 Å². The topological polar surface area (TPSA) is 78.4 Å². The monoisotopic (exact) mass is 422 g/mol. The smallest absolute Gasteiger partial charge is 0.203 e. The molecule has 1 unspecified atom stereocenters. The van der Waals surface area contributed by atoms with Gasteiger partial charge >= 0.3 is 0 Å². The molecular formula is C21H26O7S. The van der Waals surface area contributed by atoms with E-state index in [1.807, 2.05) is 0 Å². The Morgan fingerprint density at radius 3 is 1.66 bits per heavy atom. The van der Waals surface area contributed by atoms with E-state index >= 15 is 0 Å². The van der Waals surface area contributed by atoms with Crippen LogP contribution in [0, 0.1) is 0 Å². The van der Waals surface area contributed by atoms with Gasteiger partial charge in [0, 0.05) is 23.8 Å². The van der Waals surface area contributed by atoms with Crippen molar-refractivity contribution in [3.63, 3.8) is 0 Å². The number of hydrogen-bond donors (Lipinski definition) is 0. The highest BCUT2D eigenvalue weighted by atomic mass is 32.2. The third-order valence-electron chi connectivity index (χ3n) is 4.17. The lowest BCUT2D eigenvalue weighted by atomic mass is 10.1. The predicted molar refractivity (Wildman–Crippen MR) is 113 cm³/mol. The molecule has 0 radical (unpaired) electrons. The van der Waals surface area contributed by atoms with E-state index in [-0.39, 0.29) is 5.75 Å². The second kappa shape index (κ2) is 10.7. The van der Waals surface area contributed by atoms with Crippen LogP contribution in [0.5, 0.6) is 34.5 Å². The summed E-state index contributed by atoms with van der Waals surface area (Å²) in [6.45, 7) is 0. The molecule has 0 saturated heterocycles. The van der Waals surface area contributed by atoms with Crippen molar-refractivity contribution in [1.82, 2.24) is 0 Å². The second-order valence-corrected chi connectivity index (χ2v) is 7.13. The average Bonchev–Trinajstić information content (AvgIpc) is 2.75. The second-order valence-electron chi connectivity index (χ2n) is 5.81. The van der Waals surface area contributed by atoms with Crippen molar-refractivity contribution in [2.75, 3.05) is 42.7 Å². The quantitative estimate of drug-likeness (QED) is 0.541. The molecule has 0 aliphatic heterocycles. The Bertz CT molecular complexity index is 801. The summed E-state index contributed by atoms with van der Waals surface area (Å²) in [5.41, 5.74) is 1.46. The van der Waals surface area contributed by atoms with Gasteiger partial charge in [0.05, 0.1) is 48.2 Å². The van der Waals surface area contributed by atoms with Gasteiger partial charge in [-0.05, 0) is 23.3 Å². The molecule has 0 spiro atoms. The Balaban J connectivity index is 2.27. The van der Waals surface area contributed by atoms with E-state index in [1.165, 1.54) is 7.11 Å². The lowest BCUT2D eigenvalue weighted by Gasteiger charge is -2.15. The molecule has 0 aromatic heterocycles. The van der Waals surface area contributed by atoms with Gasteiger partial charge in [0.2, 0.25) is 5.75 Å². The minimum absolute atomic E-state index is 0.272. The molecule has 2 aromatic rings. The van der Waals surface area contributed by atoms with Crippen LogP contribution in [0.4, 0.5) is 0 Å². The lowest BCUT2D eigenvalue weighted by Crippen LogP contribution is -2.03. The van der Waals surface area contributed by atoms with Gasteiger partial charge in [-0.25, -0.2) is 0 Å². The summed E-state index contributed by atoms with van der Waals surface area (Å²) in [7, 11) is 9.30. The normalized spacial score (nSPS) is 11.8. The summed E-state index contributed by atoms with van der Waals surface area (Å²) >= 11 is -1.30. The van der Waals surface area contributed by atoms with Crippen molar-refractivity contribution in [3.05, 3.63) is 40.8 Å². The zero-order valence-electron chi connectivity index (χ0n) is 17.4. The molecule has 0 aliphatic rings. The highest BCUT2D eigenvalue weighted by molar-refractivity contribution is 7.93. The molecule has 158 valence electrons. The van der Waals surface area contributed by atoms with E-state index < -0.39 is 11.2 Å². The largest absolute Gasteiger partial charge is 0.612 e.